The minimum Gasteiger partial charge on any atom is -0.395 e. The Balaban J connectivity index is 2.24. The van der Waals surface area contributed by atoms with E-state index in [0.717, 1.165) is 10.9 Å². The number of aliphatic hydroxyl groups is 2. The Kier molecular flexibility index (Phi) is 3.96. The van der Waals surface area contributed by atoms with E-state index in [1.165, 1.54) is 4.90 Å². The lowest BCUT2D eigenvalue weighted by molar-refractivity contribution is 0.0685. The van der Waals surface area contributed by atoms with Crippen molar-refractivity contribution in [3.63, 3.8) is 0 Å². The number of H-pyrrole nitrogens is 1. The minimum atomic E-state index is -0.179. The van der Waals surface area contributed by atoms with Crippen molar-refractivity contribution in [2.75, 3.05) is 26.3 Å². The highest BCUT2D eigenvalue weighted by atomic mass is 16.3. The molecule has 5 heteroatoms. The largest absolute Gasteiger partial charge is 0.395 e. The highest BCUT2D eigenvalue weighted by Gasteiger charge is 2.15. The van der Waals surface area contributed by atoms with Crippen molar-refractivity contribution < 1.29 is 15.0 Å². The van der Waals surface area contributed by atoms with Crippen LogP contribution in [0.15, 0.2) is 30.5 Å². The van der Waals surface area contributed by atoms with E-state index in [1.54, 1.807) is 12.1 Å². The van der Waals surface area contributed by atoms with Crippen molar-refractivity contribution in [3.05, 3.63) is 36.0 Å². The fourth-order valence-corrected chi connectivity index (χ4v) is 1.93. The monoisotopic (exact) mass is 248 g/mol. The number of hydrogen-bond donors (Lipinski definition) is 3. The number of benzene rings is 1. The van der Waals surface area contributed by atoms with Crippen molar-refractivity contribution in [1.82, 2.24) is 9.88 Å². The number of rotatable bonds is 5. The van der Waals surface area contributed by atoms with E-state index in [2.05, 4.69) is 4.98 Å². The molecule has 5 nitrogen and oxygen atoms in total. The third-order valence-corrected chi connectivity index (χ3v) is 2.83. The lowest BCUT2D eigenvalue weighted by Crippen LogP contribution is -2.35. The summed E-state index contributed by atoms with van der Waals surface area (Å²) in [5, 5.41) is 18.8. The molecule has 3 N–H and O–H groups in total. The number of hydrogen-bond acceptors (Lipinski definition) is 3. The van der Waals surface area contributed by atoms with E-state index in [4.69, 9.17) is 10.2 Å². The number of aromatic nitrogens is 1. The van der Waals surface area contributed by atoms with Gasteiger partial charge < -0.3 is 20.1 Å². The zero-order valence-corrected chi connectivity index (χ0v) is 9.97. The molecule has 0 aliphatic carbocycles. The molecule has 0 aliphatic heterocycles. The Morgan fingerprint density at radius 1 is 1.17 bits per heavy atom. The van der Waals surface area contributed by atoms with E-state index in [-0.39, 0.29) is 32.2 Å². The SMILES string of the molecule is O=C(c1ccc2[nH]ccc2c1)N(CCO)CCO. The molecule has 2 rings (SSSR count). The number of fused-ring (bicyclic) bond motifs is 1. The van der Waals surface area contributed by atoms with Crippen LogP contribution in [0, 0.1) is 0 Å². The van der Waals surface area contributed by atoms with Crippen molar-refractivity contribution in [2.45, 2.75) is 0 Å². The molecule has 1 heterocycles. The highest BCUT2D eigenvalue weighted by molar-refractivity contribution is 5.98. The molecule has 1 aromatic carbocycles. The summed E-state index contributed by atoms with van der Waals surface area (Å²) in [5.41, 5.74) is 1.53. The van der Waals surface area contributed by atoms with Crippen LogP contribution in [0.2, 0.25) is 0 Å². The molecule has 0 unspecified atom stereocenters. The average Bonchev–Trinajstić information content (AvgIpc) is 2.84. The predicted octanol–water partition coefficient (Wildman–Crippen LogP) is 0.595. The minimum absolute atomic E-state index is 0.113. The maximum Gasteiger partial charge on any atom is 0.254 e. The van der Waals surface area contributed by atoms with Gasteiger partial charge in [0.1, 0.15) is 0 Å². The van der Waals surface area contributed by atoms with E-state index in [9.17, 15) is 4.79 Å². The van der Waals surface area contributed by atoms with Crippen molar-refractivity contribution in [1.29, 1.82) is 0 Å². The normalized spacial score (nSPS) is 10.8. The van der Waals surface area contributed by atoms with Gasteiger partial charge in [-0.3, -0.25) is 4.79 Å². The summed E-state index contributed by atoms with van der Waals surface area (Å²) in [5.74, 6) is -0.179. The van der Waals surface area contributed by atoms with Crippen LogP contribution < -0.4 is 0 Å². The average molecular weight is 248 g/mol. The number of carbonyl (C=O) groups is 1. The Bertz CT molecular complexity index is 530. The van der Waals surface area contributed by atoms with Gasteiger partial charge in [0, 0.05) is 35.8 Å². The van der Waals surface area contributed by atoms with Gasteiger partial charge in [0.2, 0.25) is 0 Å². The molecule has 18 heavy (non-hydrogen) atoms. The van der Waals surface area contributed by atoms with Crippen molar-refractivity contribution in [3.8, 4) is 0 Å². The van der Waals surface area contributed by atoms with Crippen LogP contribution in [0.25, 0.3) is 10.9 Å². The zero-order valence-electron chi connectivity index (χ0n) is 9.97. The van der Waals surface area contributed by atoms with E-state index in [0.29, 0.717) is 5.56 Å². The Labute approximate surface area is 105 Å². The molecular formula is C13H16N2O3. The lowest BCUT2D eigenvalue weighted by Gasteiger charge is -2.20. The van der Waals surface area contributed by atoms with E-state index < -0.39 is 0 Å². The fourth-order valence-electron chi connectivity index (χ4n) is 1.93. The standard InChI is InChI=1S/C13H16N2O3/c16-7-5-15(6-8-17)13(18)11-1-2-12-10(9-11)3-4-14-12/h1-4,9,14,16-17H,5-8H2. The van der Waals surface area contributed by atoms with Gasteiger partial charge in [-0.25, -0.2) is 0 Å². The summed E-state index contributed by atoms with van der Waals surface area (Å²) < 4.78 is 0. The molecule has 0 aliphatic rings. The number of nitrogens with one attached hydrogen (secondary N) is 1. The van der Waals surface area contributed by atoms with Gasteiger partial charge >= 0.3 is 0 Å². The van der Waals surface area contributed by atoms with Gasteiger partial charge in [0.25, 0.3) is 5.91 Å². The summed E-state index contributed by atoms with van der Waals surface area (Å²) in [4.78, 5) is 16.7. The molecule has 0 spiro atoms. The van der Waals surface area contributed by atoms with Crippen LogP contribution in [0.5, 0.6) is 0 Å². The molecule has 0 radical (unpaired) electrons. The highest BCUT2D eigenvalue weighted by Crippen LogP contribution is 2.15. The Hall–Kier alpha value is -1.85. The first-order valence-corrected chi connectivity index (χ1v) is 5.84. The second-order valence-electron chi connectivity index (χ2n) is 4.02. The number of amides is 1. The third-order valence-electron chi connectivity index (χ3n) is 2.83. The predicted molar refractivity (Wildman–Crippen MR) is 68.4 cm³/mol. The molecule has 1 aromatic heterocycles. The van der Waals surface area contributed by atoms with Gasteiger partial charge in [0.15, 0.2) is 0 Å². The molecule has 2 aromatic rings. The maximum atomic E-state index is 12.2. The number of aromatic amines is 1. The first kappa shape index (κ1) is 12.6. The van der Waals surface area contributed by atoms with Gasteiger partial charge in [-0.2, -0.15) is 0 Å². The fraction of sp³-hybridized carbons (Fsp3) is 0.308. The van der Waals surface area contributed by atoms with Gasteiger partial charge in [-0.05, 0) is 24.3 Å². The van der Waals surface area contributed by atoms with Crippen molar-refractivity contribution >= 4 is 16.8 Å². The summed E-state index contributed by atoms with van der Waals surface area (Å²) in [6, 6.07) is 7.28. The Morgan fingerprint density at radius 3 is 2.56 bits per heavy atom. The van der Waals surface area contributed by atoms with Crippen LogP contribution in [-0.4, -0.2) is 52.3 Å². The number of nitrogens with zero attached hydrogens (tertiary/aromatic N) is 1. The molecule has 0 atom stereocenters. The second kappa shape index (κ2) is 5.66. The summed E-state index contributed by atoms with van der Waals surface area (Å²) in [7, 11) is 0. The quantitative estimate of drug-likeness (QED) is 0.725. The second-order valence-corrected chi connectivity index (χ2v) is 4.02. The topological polar surface area (TPSA) is 76.6 Å². The third kappa shape index (κ3) is 2.52. The van der Waals surface area contributed by atoms with Crippen LogP contribution in [0.4, 0.5) is 0 Å². The van der Waals surface area contributed by atoms with Gasteiger partial charge in [0.05, 0.1) is 13.2 Å². The van der Waals surface area contributed by atoms with Crippen LogP contribution in [-0.2, 0) is 0 Å². The van der Waals surface area contributed by atoms with Crippen LogP contribution in [0.3, 0.4) is 0 Å². The lowest BCUT2D eigenvalue weighted by atomic mass is 10.1. The Morgan fingerprint density at radius 2 is 1.89 bits per heavy atom. The maximum absolute atomic E-state index is 12.2. The zero-order chi connectivity index (χ0) is 13.0. The molecule has 96 valence electrons. The van der Waals surface area contributed by atoms with Gasteiger partial charge in [-0.15, -0.1) is 0 Å². The van der Waals surface area contributed by atoms with Crippen LogP contribution in [0.1, 0.15) is 10.4 Å². The van der Waals surface area contributed by atoms with Crippen molar-refractivity contribution in [2.24, 2.45) is 0 Å². The number of carbonyl (C=O) groups excluding carboxylic acids is 1. The molecule has 1 amide bonds. The molecule has 0 bridgehead atoms. The molecule has 0 fully saturated rings. The molecule has 0 saturated heterocycles. The van der Waals surface area contributed by atoms with E-state index >= 15 is 0 Å². The summed E-state index contributed by atoms with van der Waals surface area (Å²) >= 11 is 0. The number of aliphatic hydroxyl groups excluding tert-OH is 2. The summed E-state index contributed by atoms with van der Waals surface area (Å²) in [6.45, 7) is 0.228. The molecular weight excluding hydrogens is 232 g/mol. The van der Waals surface area contributed by atoms with Crippen LogP contribution >= 0.6 is 0 Å². The summed E-state index contributed by atoms with van der Waals surface area (Å²) in [6.07, 6.45) is 1.82. The molecule has 0 saturated carbocycles. The first-order chi connectivity index (χ1) is 8.76. The van der Waals surface area contributed by atoms with Gasteiger partial charge in [-0.1, -0.05) is 0 Å². The van der Waals surface area contributed by atoms with E-state index in [1.807, 2.05) is 18.3 Å². The first-order valence-electron chi connectivity index (χ1n) is 5.84. The smallest absolute Gasteiger partial charge is 0.254 e.